The summed E-state index contributed by atoms with van der Waals surface area (Å²) >= 11 is 0. The summed E-state index contributed by atoms with van der Waals surface area (Å²) in [5.74, 6) is -5.05. The Morgan fingerprint density at radius 1 is 0.561 bits per heavy atom. The van der Waals surface area contributed by atoms with Crippen LogP contribution in [0.25, 0.3) is 0 Å². The van der Waals surface area contributed by atoms with E-state index in [0.717, 1.165) is 0 Å². The molecule has 18 heteroatoms. The predicted molar refractivity (Wildman–Crippen MR) is 216 cm³/mol. The molecule has 0 bridgehead atoms. The Balaban J connectivity index is 0.00000114. The van der Waals surface area contributed by atoms with Gasteiger partial charge < -0.3 is 53.2 Å². The Morgan fingerprint density at radius 2 is 1.02 bits per heavy atom. The molecule has 1 aromatic heterocycles. The Hall–Kier alpha value is -4.58. The first kappa shape index (κ1) is 52.4. The summed E-state index contributed by atoms with van der Waals surface area (Å²) < 4.78 is 0. The summed E-state index contributed by atoms with van der Waals surface area (Å²) in [7, 11) is 0. The topological polar surface area (TPSA) is 301 Å². The molecule has 0 aliphatic carbocycles. The van der Waals surface area contributed by atoms with Crippen molar-refractivity contribution in [3.8, 4) is 0 Å². The van der Waals surface area contributed by atoms with E-state index in [-0.39, 0.29) is 47.8 Å². The first-order valence-electron chi connectivity index (χ1n) is 19.7. The van der Waals surface area contributed by atoms with Crippen LogP contribution in [0.2, 0.25) is 0 Å². The summed E-state index contributed by atoms with van der Waals surface area (Å²) in [6.45, 7) is 22.0. The second kappa shape index (κ2) is 25.6. The second-order valence-corrected chi connectivity index (χ2v) is 16.9. The summed E-state index contributed by atoms with van der Waals surface area (Å²) in [5.41, 5.74) is 12.4. The lowest BCUT2D eigenvalue weighted by atomic mass is 9.99. The van der Waals surface area contributed by atoms with Gasteiger partial charge in [0.25, 0.3) is 0 Å². The van der Waals surface area contributed by atoms with Gasteiger partial charge in [0.15, 0.2) is 0 Å². The number of aromatic nitrogens is 2. The first-order valence-corrected chi connectivity index (χ1v) is 19.7. The van der Waals surface area contributed by atoms with E-state index in [1.807, 2.05) is 41.5 Å². The van der Waals surface area contributed by atoms with Gasteiger partial charge in [-0.05, 0) is 54.8 Å². The Bertz CT molecular complexity index is 1430. The number of aromatic amines is 1. The number of nitrogens with two attached hydrogens (primary N) is 2. The van der Waals surface area contributed by atoms with Crippen LogP contribution < -0.4 is 38.1 Å². The largest absolute Gasteiger partial charge is 0.480 e. The number of H-pyrrole nitrogens is 1. The van der Waals surface area contributed by atoms with E-state index in [4.69, 9.17) is 11.5 Å². The molecule has 0 aliphatic rings. The third kappa shape index (κ3) is 20.4. The molecule has 18 nitrogen and oxygen atoms in total. The molecule has 0 unspecified atom stereocenters. The van der Waals surface area contributed by atoms with E-state index in [2.05, 4.69) is 36.6 Å². The number of hydrogen-bond donors (Lipinski definition) is 10. The van der Waals surface area contributed by atoms with Gasteiger partial charge in [0.1, 0.15) is 30.2 Å². The van der Waals surface area contributed by atoms with Crippen LogP contribution in [-0.4, -0.2) is 104 Å². The number of nitrogens with one attached hydrogen (secondary N) is 6. The standard InChI is InChI=1S/C21H36N6O5.C18H35N3O4/c1-10(2)15(22)19(29)25-14(7-13-8-23-9-24-13)18(28)26-16(11(3)4)20(30)27-17(12(5)6)21(31)32;1-10(2)7-13(19)16(22)20-14(8-11(3)4)17(23)21-15(18(24)25)9-12(5)6/h8-12,14-17H,7,22H2,1-6H3,(H,23,24)(H,25,29)(H,26,28)(H,27,30)(H,31,32);10-15H,7-9,19H2,1-6H3,(H,20,22)(H,21,23)(H,24,25)/t14-,15-,16-,17-;13-,14-,15-/m00/s1. The molecule has 0 spiro atoms. The molecule has 0 radical (unpaired) electrons. The molecular weight excluding hydrogens is 738 g/mol. The highest BCUT2D eigenvalue weighted by Crippen LogP contribution is 2.11. The quantitative estimate of drug-likeness (QED) is 0.0748. The minimum Gasteiger partial charge on any atom is -0.480 e. The zero-order valence-electron chi connectivity index (χ0n) is 35.8. The summed E-state index contributed by atoms with van der Waals surface area (Å²) in [4.78, 5) is 92.7. The van der Waals surface area contributed by atoms with Crippen molar-refractivity contribution in [1.82, 2.24) is 36.6 Å². The minimum atomic E-state index is -1.16. The van der Waals surface area contributed by atoms with Gasteiger partial charge in [-0.25, -0.2) is 14.6 Å². The fraction of sp³-hybridized carbons (Fsp3) is 0.744. The van der Waals surface area contributed by atoms with Gasteiger partial charge in [0.05, 0.1) is 18.4 Å². The number of carbonyl (C=O) groups is 7. The highest BCUT2D eigenvalue weighted by atomic mass is 16.4. The molecular formula is C39H71N9O9. The van der Waals surface area contributed by atoms with E-state index in [1.165, 1.54) is 12.5 Å². The van der Waals surface area contributed by atoms with E-state index >= 15 is 0 Å². The Kier molecular flexibility index (Phi) is 23.6. The number of rotatable bonds is 23. The Morgan fingerprint density at radius 3 is 1.44 bits per heavy atom. The van der Waals surface area contributed by atoms with Crippen LogP contribution in [0.1, 0.15) is 108 Å². The second-order valence-electron chi connectivity index (χ2n) is 16.9. The average molecular weight is 810 g/mol. The van der Waals surface area contributed by atoms with Gasteiger partial charge in [-0.1, -0.05) is 83.1 Å². The Labute approximate surface area is 337 Å². The molecule has 1 rings (SSSR count). The lowest BCUT2D eigenvalue weighted by molar-refractivity contribution is -0.144. The number of hydrogen-bond acceptors (Lipinski definition) is 10. The fourth-order valence-electron chi connectivity index (χ4n) is 5.50. The molecule has 57 heavy (non-hydrogen) atoms. The van der Waals surface area contributed by atoms with Crippen molar-refractivity contribution in [3.05, 3.63) is 18.2 Å². The number of aliphatic carboxylic acids is 2. The lowest BCUT2D eigenvalue weighted by Gasteiger charge is -2.28. The SMILES string of the molecule is CC(C)C[C@H](NC(=O)[C@H](CC(C)C)NC(=O)[C@@H](N)CC(C)C)C(=O)O.CC(C)[C@H](N)C(=O)N[C@@H](Cc1cnc[nH]1)C(=O)N[C@H](C(=O)N[C@H](C(=O)O)C(C)C)C(C)C. The minimum absolute atomic E-state index is 0.110. The van der Waals surface area contributed by atoms with E-state index in [9.17, 15) is 43.8 Å². The molecule has 1 heterocycles. The van der Waals surface area contributed by atoms with Gasteiger partial charge in [0.2, 0.25) is 29.5 Å². The summed E-state index contributed by atoms with van der Waals surface area (Å²) in [6, 6.07) is -6.36. The van der Waals surface area contributed by atoms with Crippen LogP contribution in [0.4, 0.5) is 0 Å². The number of carboxylic acids is 2. The number of amides is 5. The van der Waals surface area contributed by atoms with Gasteiger partial charge in [-0.2, -0.15) is 0 Å². The van der Waals surface area contributed by atoms with Crippen LogP contribution in [0.3, 0.4) is 0 Å². The normalized spacial score (nSPS) is 15.2. The highest BCUT2D eigenvalue weighted by Gasteiger charge is 2.34. The van der Waals surface area contributed by atoms with Crippen molar-refractivity contribution in [2.75, 3.05) is 0 Å². The van der Waals surface area contributed by atoms with Gasteiger partial charge in [-0.15, -0.1) is 0 Å². The number of imidazole rings is 1. The average Bonchev–Trinajstić information content (AvgIpc) is 3.60. The molecule has 0 aliphatic heterocycles. The predicted octanol–water partition coefficient (Wildman–Crippen LogP) is 1.29. The van der Waals surface area contributed by atoms with Crippen molar-refractivity contribution in [2.45, 2.75) is 151 Å². The summed E-state index contributed by atoms with van der Waals surface area (Å²) in [6.07, 6.45) is 4.36. The monoisotopic (exact) mass is 810 g/mol. The molecule has 0 aromatic carbocycles. The molecule has 0 fully saturated rings. The van der Waals surface area contributed by atoms with Crippen LogP contribution in [-0.2, 0) is 40.0 Å². The highest BCUT2D eigenvalue weighted by molar-refractivity contribution is 5.94. The van der Waals surface area contributed by atoms with Crippen molar-refractivity contribution in [2.24, 2.45) is 47.0 Å². The van der Waals surface area contributed by atoms with E-state index in [1.54, 1.807) is 41.5 Å². The third-order valence-electron chi connectivity index (χ3n) is 8.83. The zero-order chi connectivity index (χ0) is 44.3. The zero-order valence-corrected chi connectivity index (χ0v) is 35.8. The van der Waals surface area contributed by atoms with E-state index < -0.39 is 77.9 Å². The number of nitrogens with zero attached hydrogens (tertiary/aromatic N) is 1. The van der Waals surface area contributed by atoms with Crippen LogP contribution >= 0.6 is 0 Å². The van der Waals surface area contributed by atoms with E-state index in [0.29, 0.717) is 25.0 Å². The van der Waals surface area contributed by atoms with Gasteiger partial charge in [-0.3, -0.25) is 24.0 Å². The molecule has 1 aromatic rings. The third-order valence-corrected chi connectivity index (χ3v) is 8.83. The van der Waals surface area contributed by atoms with Gasteiger partial charge in [0, 0.05) is 18.3 Å². The van der Waals surface area contributed by atoms with Crippen LogP contribution in [0.5, 0.6) is 0 Å². The van der Waals surface area contributed by atoms with Crippen molar-refractivity contribution < 1.29 is 43.8 Å². The lowest BCUT2D eigenvalue weighted by Crippen LogP contribution is -2.59. The van der Waals surface area contributed by atoms with Crippen LogP contribution in [0.15, 0.2) is 12.5 Å². The fourth-order valence-corrected chi connectivity index (χ4v) is 5.50. The van der Waals surface area contributed by atoms with Crippen LogP contribution in [0, 0.1) is 35.5 Å². The summed E-state index contributed by atoms with van der Waals surface area (Å²) in [5, 5.41) is 31.6. The maximum absolute atomic E-state index is 13.1. The van der Waals surface area contributed by atoms with Crippen molar-refractivity contribution in [1.29, 1.82) is 0 Å². The number of carboxylic acid groups (broad SMARTS) is 2. The maximum atomic E-state index is 13.1. The smallest absolute Gasteiger partial charge is 0.326 e. The number of carbonyl (C=O) groups excluding carboxylic acids is 5. The first-order chi connectivity index (χ1) is 26.3. The van der Waals surface area contributed by atoms with Crippen molar-refractivity contribution >= 4 is 41.5 Å². The molecule has 7 atom stereocenters. The van der Waals surface area contributed by atoms with Crippen molar-refractivity contribution in [3.63, 3.8) is 0 Å². The molecule has 0 saturated heterocycles. The molecule has 0 saturated carbocycles. The molecule has 326 valence electrons. The molecule has 12 N–H and O–H groups in total. The molecule has 5 amide bonds. The maximum Gasteiger partial charge on any atom is 0.326 e. The van der Waals surface area contributed by atoms with Gasteiger partial charge >= 0.3 is 11.9 Å².